The summed E-state index contributed by atoms with van der Waals surface area (Å²) in [6.07, 6.45) is 3.64. The van der Waals surface area contributed by atoms with E-state index in [2.05, 4.69) is 70.6 Å². The van der Waals surface area contributed by atoms with Gasteiger partial charge < -0.3 is 0 Å². The summed E-state index contributed by atoms with van der Waals surface area (Å²) in [5.74, 6) is 0. The summed E-state index contributed by atoms with van der Waals surface area (Å²) in [4.78, 5) is 23.6. The molecular weight excluding hydrogens is 264 g/mol. The number of benzene rings is 2. The van der Waals surface area contributed by atoms with Gasteiger partial charge in [-0.05, 0) is 17.5 Å². The number of rotatable bonds is 2. The summed E-state index contributed by atoms with van der Waals surface area (Å²) >= 11 is 0. The molecule has 0 saturated carbocycles. The standard InChI is InChI=1S/C13H12.2C2H3NO/c1-3-7-12(8-4-1)11-13-9-5-2-6-10-13;2*1-3-2-4/h1-10H,11H2;2*1H3. The quantitative estimate of drug-likeness (QED) is 0.627. The van der Waals surface area contributed by atoms with Crippen molar-refractivity contribution >= 4 is 12.2 Å². The van der Waals surface area contributed by atoms with Crippen LogP contribution in [0, 0.1) is 0 Å². The molecule has 0 amide bonds. The molecule has 0 heterocycles. The first-order valence-electron chi connectivity index (χ1n) is 6.28. The van der Waals surface area contributed by atoms with Gasteiger partial charge in [-0.1, -0.05) is 60.7 Å². The lowest BCUT2D eigenvalue weighted by atomic mass is 10.1. The zero-order valence-electron chi connectivity index (χ0n) is 12.2. The van der Waals surface area contributed by atoms with Crippen LogP contribution in [0.25, 0.3) is 0 Å². The van der Waals surface area contributed by atoms with Gasteiger partial charge in [-0.15, -0.1) is 0 Å². The lowest BCUT2D eigenvalue weighted by molar-refractivity contribution is 0.564. The molecule has 0 atom stereocenters. The van der Waals surface area contributed by atoms with Gasteiger partial charge in [0.1, 0.15) is 0 Å². The molecule has 4 nitrogen and oxygen atoms in total. The highest BCUT2D eigenvalue weighted by Gasteiger charge is 1.92. The van der Waals surface area contributed by atoms with Gasteiger partial charge in [0, 0.05) is 14.1 Å². The van der Waals surface area contributed by atoms with Crippen molar-refractivity contribution in [2.45, 2.75) is 6.42 Å². The minimum atomic E-state index is 1.03. The maximum Gasteiger partial charge on any atom is 0.234 e. The summed E-state index contributed by atoms with van der Waals surface area (Å²) in [5, 5.41) is 0. The van der Waals surface area contributed by atoms with Crippen molar-refractivity contribution in [3.05, 3.63) is 71.8 Å². The first kappa shape index (κ1) is 18.2. The second-order valence-electron chi connectivity index (χ2n) is 3.78. The van der Waals surface area contributed by atoms with E-state index >= 15 is 0 Å². The zero-order valence-corrected chi connectivity index (χ0v) is 12.2. The summed E-state index contributed by atoms with van der Waals surface area (Å²) in [6.45, 7) is 0. The number of carbonyl (C=O) groups excluding carboxylic acids is 2. The molecule has 0 spiro atoms. The normalized spacial score (nSPS) is 7.71. The molecule has 2 rings (SSSR count). The van der Waals surface area contributed by atoms with Crippen molar-refractivity contribution in [3.63, 3.8) is 0 Å². The van der Waals surface area contributed by atoms with Gasteiger partial charge in [0.25, 0.3) is 0 Å². The Bertz CT molecular complexity index is 517. The van der Waals surface area contributed by atoms with Crippen LogP contribution in [0.3, 0.4) is 0 Å². The number of nitrogens with zero attached hydrogens (tertiary/aromatic N) is 2. The Balaban J connectivity index is 0.000000421. The van der Waals surface area contributed by atoms with Crippen LogP contribution < -0.4 is 0 Å². The summed E-state index contributed by atoms with van der Waals surface area (Å²) in [6, 6.07) is 21.1. The molecule has 0 aliphatic heterocycles. The smallest absolute Gasteiger partial charge is 0.211 e. The SMILES string of the molecule is CN=C=O.CN=C=O.c1ccc(Cc2ccccc2)cc1. The molecule has 0 aliphatic rings. The van der Waals surface area contributed by atoms with E-state index in [-0.39, 0.29) is 0 Å². The van der Waals surface area contributed by atoms with Crippen molar-refractivity contribution in [2.24, 2.45) is 9.98 Å². The van der Waals surface area contributed by atoms with Crippen LogP contribution in [-0.4, -0.2) is 26.3 Å². The highest BCUT2D eigenvalue weighted by Crippen LogP contribution is 2.07. The molecule has 4 heteroatoms. The predicted molar refractivity (Wildman–Crippen MR) is 83.8 cm³/mol. The highest BCUT2D eigenvalue weighted by atomic mass is 16.1. The van der Waals surface area contributed by atoms with Crippen LogP contribution in [0.2, 0.25) is 0 Å². The number of hydrogen-bond donors (Lipinski definition) is 0. The van der Waals surface area contributed by atoms with Gasteiger partial charge in [0.15, 0.2) is 0 Å². The third-order valence-electron chi connectivity index (χ3n) is 2.28. The van der Waals surface area contributed by atoms with E-state index in [1.165, 1.54) is 37.4 Å². The molecule has 0 N–H and O–H groups in total. The van der Waals surface area contributed by atoms with E-state index in [9.17, 15) is 0 Å². The topological polar surface area (TPSA) is 58.9 Å². The Morgan fingerprint density at radius 2 is 1.00 bits per heavy atom. The molecule has 0 aromatic heterocycles. The average Bonchev–Trinajstić information content (AvgIpc) is 2.57. The van der Waals surface area contributed by atoms with Gasteiger partial charge >= 0.3 is 0 Å². The van der Waals surface area contributed by atoms with Crippen molar-refractivity contribution in [2.75, 3.05) is 14.1 Å². The molecule has 0 fully saturated rings. The maximum absolute atomic E-state index is 8.88. The molecule has 2 aromatic rings. The average molecular weight is 282 g/mol. The van der Waals surface area contributed by atoms with E-state index in [4.69, 9.17) is 9.59 Å². The minimum absolute atomic E-state index is 1.03. The summed E-state index contributed by atoms with van der Waals surface area (Å²) in [5.41, 5.74) is 2.74. The zero-order chi connectivity index (χ0) is 15.8. The molecule has 108 valence electrons. The van der Waals surface area contributed by atoms with Crippen molar-refractivity contribution < 1.29 is 9.59 Å². The van der Waals surface area contributed by atoms with Crippen molar-refractivity contribution in [3.8, 4) is 0 Å². The Morgan fingerprint density at radius 3 is 1.24 bits per heavy atom. The fourth-order valence-corrected chi connectivity index (χ4v) is 1.43. The minimum Gasteiger partial charge on any atom is -0.211 e. The van der Waals surface area contributed by atoms with E-state index in [1.54, 1.807) is 0 Å². The van der Waals surface area contributed by atoms with E-state index < -0.39 is 0 Å². The van der Waals surface area contributed by atoms with Crippen LogP contribution in [-0.2, 0) is 16.0 Å². The van der Waals surface area contributed by atoms with E-state index in [0.717, 1.165) is 6.42 Å². The largest absolute Gasteiger partial charge is 0.234 e. The molecule has 0 radical (unpaired) electrons. The van der Waals surface area contributed by atoms with Crippen LogP contribution in [0.15, 0.2) is 70.6 Å². The summed E-state index contributed by atoms with van der Waals surface area (Å²) < 4.78 is 0. The number of isocyanates is 2. The monoisotopic (exact) mass is 282 g/mol. The van der Waals surface area contributed by atoms with Gasteiger partial charge in [0.2, 0.25) is 12.2 Å². The molecule has 0 unspecified atom stereocenters. The van der Waals surface area contributed by atoms with Crippen LogP contribution >= 0.6 is 0 Å². The van der Waals surface area contributed by atoms with Gasteiger partial charge in [-0.3, -0.25) is 0 Å². The van der Waals surface area contributed by atoms with Crippen LogP contribution in [0.4, 0.5) is 0 Å². The fraction of sp³-hybridized carbons (Fsp3) is 0.176. The molecule has 0 bridgehead atoms. The first-order chi connectivity index (χ1) is 10.3. The predicted octanol–water partition coefficient (Wildman–Crippen LogP) is 3.18. The molecule has 2 aromatic carbocycles. The Kier molecular flexibility index (Phi) is 11.8. The maximum atomic E-state index is 8.88. The second-order valence-corrected chi connectivity index (χ2v) is 3.78. The van der Waals surface area contributed by atoms with Gasteiger partial charge in [-0.25, -0.2) is 19.6 Å². The lowest BCUT2D eigenvalue weighted by Gasteiger charge is -2.00. The third-order valence-corrected chi connectivity index (χ3v) is 2.28. The summed E-state index contributed by atoms with van der Waals surface area (Å²) in [7, 11) is 2.76. The molecule has 21 heavy (non-hydrogen) atoms. The van der Waals surface area contributed by atoms with Crippen molar-refractivity contribution in [1.29, 1.82) is 0 Å². The number of aliphatic imine (C=N–C) groups is 2. The van der Waals surface area contributed by atoms with Crippen molar-refractivity contribution in [1.82, 2.24) is 0 Å². The second kappa shape index (κ2) is 13.6. The first-order valence-corrected chi connectivity index (χ1v) is 6.28. The Morgan fingerprint density at radius 1 is 0.714 bits per heavy atom. The fourth-order valence-electron chi connectivity index (χ4n) is 1.43. The van der Waals surface area contributed by atoms with E-state index in [0.29, 0.717) is 0 Å². The number of hydrogen-bond acceptors (Lipinski definition) is 4. The molecular formula is C17H18N2O2. The Hall–Kier alpha value is -2.80. The van der Waals surface area contributed by atoms with Crippen LogP contribution in [0.1, 0.15) is 11.1 Å². The lowest BCUT2D eigenvalue weighted by Crippen LogP contribution is -1.85. The van der Waals surface area contributed by atoms with Gasteiger partial charge in [0.05, 0.1) is 0 Å². The van der Waals surface area contributed by atoms with E-state index in [1.807, 2.05) is 0 Å². The highest BCUT2D eigenvalue weighted by molar-refractivity contribution is 5.32. The Labute approximate surface area is 124 Å². The van der Waals surface area contributed by atoms with Gasteiger partial charge in [-0.2, -0.15) is 0 Å². The molecule has 0 aliphatic carbocycles. The third kappa shape index (κ3) is 10.8. The van der Waals surface area contributed by atoms with Crippen LogP contribution in [0.5, 0.6) is 0 Å². The molecule has 0 saturated heterocycles.